The van der Waals surface area contributed by atoms with Crippen LogP contribution in [0.2, 0.25) is 0 Å². The van der Waals surface area contributed by atoms with E-state index in [1.54, 1.807) is 42.5 Å². The number of rotatable bonds is 1. The molecule has 0 saturated carbocycles. The summed E-state index contributed by atoms with van der Waals surface area (Å²) in [6, 6.07) is 11.7. The molecule has 2 aromatic carbocycles. The first-order valence-electron chi connectivity index (χ1n) is 5.72. The highest BCUT2D eigenvalue weighted by molar-refractivity contribution is 6.53. The number of carbonyl (C=O) groups excluding carboxylic acids is 2. The molecule has 4 N–H and O–H groups in total. The van der Waals surface area contributed by atoms with Gasteiger partial charge in [0.25, 0.3) is 5.78 Å². The maximum Gasteiger partial charge on any atom is 0.304 e. The second-order valence-corrected chi connectivity index (χ2v) is 4.31. The fourth-order valence-corrected chi connectivity index (χ4v) is 2.18. The predicted molar refractivity (Wildman–Crippen MR) is 73.2 cm³/mol. The number of ketones is 1. The molecule has 0 aliphatic carbocycles. The van der Waals surface area contributed by atoms with Gasteiger partial charge in [-0.15, -0.1) is 0 Å². The van der Waals surface area contributed by atoms with E-state index in [4.69, 9.17) is 11.5 Å². The third kappa shape index (κ3) is 1.55. The number of nitrogens with two attached hydrogens (primary N) is 2. The maximum absolute atomic E-state index is 12.1. The number of carbonyl (C=O) groups is 2. The fraction of sp³-hybridized carbons (Fsp3) is 0. The number of anilines is 4. The monoisotopic (exact) mass is 253 g/mol. The van der Waals surface area contributed by atoms with Crippen molar-refractivity contribution in [2.75, 3.05) is 16.4 Å². The van der Waals surface area contributed by atoms with Crippen LogP contribution in [-0.2, 0) is 4.79 Å². The van der Waals surface area contributed by atoms with E-state index >= 15 is 0 Å². The first-order valence-corrected chi connectivity index (χ1v) is 5.72. The standard InChI is InChI=1S/C14H11N3O2/c15-8-5-6-10(16)12(7-8)17-11-4-2-1-3-9(11)13(18)14(17)19/h1-7H,15-16H2. The molecule has 0 unspecified atom stereocenters. The molecule has 1 aliphatic heterocycles. The minimum atomic E-state index is -0.612. The summed E-state index contributed by atoms with van der Waals surface area (Å²) in [5.41, 5.74) is 13.8. The highest BCUT2D eigenvalue weighted by Gasteiger charge is 2.37. The van der Waals surface area contributed by atoms with E-state index in [9.17, 15) is 9.59 Å². The van der Waals surface area contributed by atoms with Gasteiger partial charge in [-0.25, -0.2) is 0 Å². The Morgan fingerprint density at radius 1 is 0.895 bits per heavy atom. The largest absolute Gasteiger partial charge is 0.399 e. The van der Waals surface area contributed by atoms with Gasteiger partial charge in [-0.3, -0.25) is 14.5 Å². The van der Waals surface area contributed by atoms with E-state index in [1.165, 1.54) is 4.90 Å². The molecular weight excluding hydrogens is 242 g/mol. The number of hydrogen-bond acceptors (Lipinski definition) is 4. The number of Topliss-reactive ketones (excluding diaryl/α,β-unsaturated/α-hetero) is 1. The third-order valence-electron chi connectivity index (χ3n) is 3.08. The Labute approximate surface area is 109 Å². The summed E-state index contributed by atoms with van der Waals surface area (Å²) in [6.45, 7) is 0. The molecule has 0 fully saturated rings. The lowest BCUT2D eigenvalue weighted by atomic mass is 10.1. The van der Waals surface area contributed by atoms with Gasteiger partial charge in [-0.1, -0.05) is 12.1 Å². The first kappa shape index (κ1) is 11.3. The molecule has 0 saturated heterocycles. The van der Waals surface area contributed by atoms with E-state index in [-0.39, 0.29) is 0 Å². The van der Waals surface area contributed by atoms with Crippen molar-refractivity contribution in [3.8, 4) is 0 Å². The second-order valence-electron chi connectivity index (χ2n) is 4.31. The topological polar surface area (TPSA) is 89.4 Å². The van der Waals surface area contributed by atoms with Gasteiger partial charge < -0.3 is 11.5 Å². The smallest absolute Gasteiger partial charge is 0.304 e. The third-order valence-corrected chi connectivity index (χ3v) is 3.08. The van der Waals surface area contributed by atoms with Crippen molar-refractivity contribution >= 4 is 34.4 Å². The molecule has 5 nitrogen and oxygen atoms in total. The van der Waals surface area contributed by atoms with Crippen molar-refractivity contribution in [2.24, 2.45) is 0 Å². The average molecular weight is 253 g/mol. The molecule has 19 heavy (non-hydrogen) atoms. The summed E-state index contributed by atoms with van der Waals surface area (Å²) in [7, 11) is 0. The average Bonchev–Trinajstić information content (AvgIpc) is 2.66. The number of para-hydroxylation sites is 1. The van der Waals surface area contributed by atoms with Gasteiger partial charge in [0.2, 0.25) is 0 Å². The van der Waals surface area contributed by atoms with Crippen molar-refractivity contribution < 1.29 is 9.59 Å². The zero-order chi connectivity index (χ0) is 13.6. The van der Waals surface area contributed by atoms with Gasteiger partial charge in [0.05, 0.1) is 22.6 Å². The van der Waals surface area contributed by atoms with E-state index in [0.29, 0.717) is 28.3 Å². The molecule has 94 valence electrons. The van der Waals surface area contributed by atoms with Crippen LogP contribution >= 0.6 is 0 Å². The van der Waals surface area contributed by atoms with Crippen LogP contribution in [0, 0.1) is 0 Å². The van der Waals surface area contributed by atoms with Gasteiger partial charge in [-0.2, -0.15) is 0 Å². The van der Waals surface area contributed by atoms with Crippen molar-refractivity contribution in [1.82, 2.24) is 0 Å². The van der Waals surface area contributed by atoms with Crippen molar-refractivity contribution in [3.05, 3.63) is 48.0 Å². The number of nitrogens with zero attached hydrogens (tertiary/aromatic N) is 1. The SMILES string of the molecule is Nc1ccc(N)c(N2C(=O)C(=O)c3ccccc32)c1. The van der Waals surface area contributed by atoms with Gasteiger partial charge in [0.1, 0.15) is 0 Å². The quantitative estimate of drug-likeness (QED) is 0.598. The molecule has 2 aromatic rings. The Morgan fingerprint density at radius 2 is 1.63 bits per heavy atom. The van der Waals surface area contributed by atoms with Crippen molar-refractivity contribution in [2.45, 2.75) is 0 Å². The zero-order valence-electron chi connectivity index (χ0n) is 9.96. The molecule has 1 heterocycles. The maximum atomic E-state index is 12.1. The lowest BCUT2D eigenvalue weighted by molar-refractivity contribution is -0.113. The van der Waals surface area contributed by atoms with Gasteiger partial charge in [0, 0.05) is 5.69 Å². The molecule has 3 rings (SSSR count). The van der Waals surface area contributed by atoms with E-state index in [1.807, 2.05) is 0 Å². The molecule has 0 bridgehead atoms. The number of hydrogen-bond donors (Lipinski definition) is 2. The minimum absolute atomic E-state index is 0.384. The first-order chi connectivity index (χ1) is 9.09. The minimum Gasteiger partial charge on any atom is -0.399 e. The summed E-state index contributed by atoms with van der Waals surface area (Å²) >= 11 is 0. The number of nitrogen functional groups attached to an aromatic ring is 2. The summed E-state index contributed by atoms with van der Waals surface area (Å²) < 4.78 is 0. The molecule has 0 radical (unpaired) electrons. The fourth-order valence-electron chi connectivity index (χ4n) is 2.18. The number of benzene rings is 2. The van der Waals surface area contributed by atoms with Crippen LogP contribution in [0.4, 0.5) is 22.7 Å². The zero-order valence-corrected chi connectivity index (χ0v) is 9.96. The number of amides is 1. The molecule has 1 amide bonds. The number of fused-ring (bicyclic) bond motifs is 1. The van der Waals surface area contributed by atoms with E-state index in [2.05, 4.69) is 0 Å². The van der Waals surface area contributed by atoms with E-state index < -0.39 is 11.7 Å². The normalized spacial score (nSPS) is 13.8. The van der Waals surface area contributed by atoms with Crippen LogP contribution in [0.15, 0.2) is 42.5 Å². The summed E-state index contributed by atoms with van der Waals surface area (Å²) in [4.78, 5) is 25.3. The molecule has 0 atom stereocenters. The summed E-state index contributed by atoms with van der Waals surface area (Å²) in [5.74, 6) is -1.14. The lowest BCUT2D eigenvalue weighted by Crippen LogP contribution is -2.25. The van der Waals surface area contributed by atoms with E-state index in [0.717, 1.165) is 0 Å². The van der Waals surface area contributed by atoms with Gasteiger partial charge in [0.15, 0.2) is 0 Å². The van der Waals surface area contributed by atoms with Crippen molar-refractivity contribution in [1.29, 1.82) is 0 Å². The van der Waals surface area contributed by atoms with Gasteiger partial charge >= 0.3 is 5.91 Å². The van der Waals surface area contributed by atoms with Crippen LogP contribution < -0.4 is 16.4 Å². The Bertz CT molecular complexity index is 710. The molecule has 1 aliphatic rings. The Hall–Kier alpha value is -2.82. The second kappa shape index (κ2) is 3.84. The van der Waals surface area contributed by atoms with Crippen molar-refractivity contribution in [3.63, 3.8) is 0 Å². The Morgan fingerprint density at radius 3 is 2.42 bits per heavy atom. The molecule has 5 heteroatoms. The van der Waals surface area contributed by atoms with Crippen LogP contribution in [0.25, 0.3) is 0 Å². The predicted octanol–water partition coefficient (Wildman–Crippen LogP) is 1.71. The van der Waals surface area contributed by atoms with Crippen LogP contribution in [0.1, 0.15) is 10.4 Å². The lowest BCUT2D eigenvalue weighted by Gasteiger charge is -2.18. The molecule has 0 aromatic heterocycles. The Balaban J connectivity index is 2.23. The highest BCUT2D eigenvalue weighted by atomic mass is 16.2. The highest BCUT2D eigenvalue weighted by Crippen LogP contribution is 2.38. The Kier molecular flexibility index (Phi) is 2.28. The summed E-state index contributed by atoms with van der Waals surface area (Å²) in [5, 5.41) is 0. The summed E-state index contributed by atoms with van der Waals surface area (Å²) in [6.07, 6.45) is 0. The van der Waals surface area contributed by atoms with Gasteiger partial charge in [-0.05, 0) is 30.3 Å². The van der Waals surface area contributed by atoms with Crippen LogP contribution in [0.5, 0.6) is 0 Å². The molecule has 0 spiro atoms. The van der Waals surface area contributed by atoms with Crippen LogP contribution in [-0.4, -0.2) is 11.7 Å². The molecular formula is C14H11N3O2. The van der Waals surface area contributed by atoms with Crippen LogP contribution in [0.3, 0.4) is 0 Å².